The summed E-state index contributed by atoms with van der Waals surface area (Å²) in [5.74, 6) is 0.849. The molecular formula is C17H28N2O2. The Kier molecular flexibility index (Phi) is 7.23. The SMILES string of the molecule is C=C1CCO/C1=C/C(=C(C)C)N(C=N)C1CCOC1.CC. The second-order valence-corrected chi connectivity index (χ2v) is 5.15. The van der Waals surface area contributed by atoms with Crippen LogP contribution in [0.1, 0.15) is 40.5 Å². The molecule has 1 N–H and O–H groups in total. The Morgan fingerprint density at radius 1 is 1.33 bits per heavy atom. The van der Waals surface area contributed by atoms with Crippen LogP contribution in [0.4, 0.5) is 0 Å². The lowest BCUT2D eigenvalue weighted by Gasteiger charge is -2.27. The Morgan fingerprint density at radius 2 is 2.05 bits per heavy atom. The topological polar surface area (TPSA) is 45.5 Å². The molecule has 2 aliphatic heterocycles. The van der Waals surface area contributed by atoms with Crippen molar-refractivity contribution in [3.8, 4) is 0 Å². The summed E-state index contributed by atoms with van der Waals surface area (Å²) < 4.78 is 11.0. The van der Waals surface area contributed by atoms with Crippen LogP contribution in [0.3, 0.4) is 0 Å². The molecule has 2 rings (SSSR count). The number of rotatable bonds is 4. The first-order valence-corrected chi connectivity index (χ1v) is 7.70. The van der Waals surface area contributed by atoms with Gasteiger partial charge in [0.1, 0.15) is 5.76 Å². The lowest BCUT2D eigenvalue weighted by molar-refractivity contribution is 0.181. The van der Waals surface area contributed by atoms with Crippen molar-refractivity contribution in [1.29, 1.82) is 5.41 Å². The molecule has 1 unspecified atom stereocenters. The Hall–Kier alpha value is -1.55. The Morgan fingerprint density at radius 3 is 2.48 bits per heavy atom. The minimum atomic E-state index is 0.244. The first kappa shape index (κ1) is 17.5. The molecule has 0 spiro atoms. The zero-order valence-electron chi connectivity index (χ0n) is 13.7. The molecule has 0 amide bonds. The van der Waals surface area contributed by atoms with Crippen molar-refractivity contribution in [3.05, 3.63) is 35.3 Å². The van der Waals surface area contributed by atoms with Crippen molar-refractivity contribution in [3.63, 3.8) is 0 Å². The molecule has 0 bridgehead atoms. The lowest BCUT2D eigenvalue weighted by atomic mass is 10.1. The fourth-order valence-corrected chi connectivity index (χ4v) is 2.37. The van der Waals surface area contributed by atoms with Gasteiger partial charge >= 0.3 is 0 Å². The highest BCUT2D eigenvalue weighted by atomic mass is 16.5. The van der Waals surface area contributed by atoms with Crippen LogP contribution in [0.5, 0.6) is 0 Å². The molecular weight excluding hydrogens is 264 g/mol. The zero-order chi connectivity index (χ0) is 15.8. The monoisotopic (exact) mass is 292 g/mol. The number of nitrogens with zero attached hydrogens (tertiary/aromatic N) is 1. The zero-order valence-corrected chi connectivity index (χ0v) is 13.7. The summed E-state index contributed by atoms with van der Waals surface area (Å²) in [5, 5.41) is 7.69. The van der Waals surface area contributed by atoms with Gasteiger partial charge in [0.2, 0.25) is 0 Å². The first-order chi connectivity index (χ1) is 10.1. The van der Waals surface area contributed by atoms with E-state index in [0.717, 1.165) is 42.1 Å². The maximum Gasteiger partial charge on any atom is 0.124 e. The summed E-state index contributed by atoms with van der Waals surface area (Å²) in [6, 6.07) is 0.244. The van der Waals surface area contributed by atoms with Gasteiger partial charge in [-0.05, 0) is 25.8 Å². The van der Waals surface area contributed by atoms with E-state index in [4.69, 9.17) is 14.9 Å². The van der Waals surface area contributed by atoms with Crippen LogP contribution in [0.2, 0.25) is 0 Å². The summed E-state index contributed by atoms with van der Waals surface area (Å²) in [5.41, 5.74) is 3.21. The number of nitrogens with one attached hydrogen (secondary N) is 1. The van der Waals surface area contributed by atoms with Crippen LogP contribution >= 0.6 is 0 Å². The molecule has 0 aliphatic carbocycles. The Balaban J connectivity index is 0.00000106. The molecule has 0 aromatic rings. The van der Waals surface area contributed by atoms with Crippen molar-refractivity contribution in [2.24, 2.45) is 0 Å². The third-order valence-electron chi connectivity index (χ3n) is 3.51. The molecule has 0 saturated carbocycles. The van der Waals surface area contributed by atoms with Gasteiger partial charge in [-0.15, -0.1) is 0 Å². The third kappa shape index (κ3) is 4.46. The normalized spacial score (nSPS) is 22.4. The van der Waals surface area contributed by atoms with E-state index in [0.29, 0.717) is 13.2 Å². The lowest BCUT2D eigenvalue weighted by Crippen LogP contribution is -2.33. The van der Waals surface area contributed by atoms with Crippen LogP contribution in [-0.2, 0) is 9.47 Å². The van der Waals surface area contributed by atoms with Gasteiger partial charge < -0.3 is 14.4 Å². The van der Waals surface area contributed by atoms with E-state index in [1.54, 1.807) is 0 Å². The molecule has 2 aliphatic rings. The van der Waals surface area contributed by atoms with Crippen molar-refractivity contribution >= 4 is 6.34 Å². The molecule has 4 heteroatoms. The van der Waals surface area contributed by atoms with Gasteiger partial charge in [0, 0.05) is 24.8 Å². The standard InChI is InChI=1S/C15H22N2O2.C2H6/c1-11(2)14(8-15-12(3)4-7-19-15)17(10-16)13-5-6-18-9-13;1-2/h8,10,13,16H,3-7,9H2,1-2H3;1-2H3/b15-8+,16-10?;. The molecule has 2 heterocycles. The van der Waals surface area contributed by atoms with Crippen LogP contribution in [-0.4, -0.2) is 37.1 Å². The minimum absolute atomic E-state index is 0.244. The van der Waals surface area contributed by atoms with Gasteiger partial charge in [0.15, 0.2) is 0 Å². The second kappa shape index (κ2) is 8.67. The fraction of sp³-hybridized carbons (Fsp3) is 0.588. The van der Waals surface area contributed by atoms with Gasteiger partial charge in [0.05, 0.1) is 25.6 Å². The molecule has 118 valence electrons. The average Bonchev–Trinajstić information content (AvgIpc) is 3.13. The molecule has 0 aromatic carbocycles. The van der Waals surface area contributed by atoms with Gasteiger partial charge in [0.25, 0.3) is 0 Å². The van der Waals surface area contributed by atoms with E-state index in [1.807, 2.05) is 24.8 Å². The predicted molar refractivity (Wildman–Crippen MR) is 87.4 cm³/mol. The van der Waals surface area contributed by atoms with Gasteiger partial charge in [-0.25, -0.2) is 0 Å². The number of allylic oxidation sites excluding steroid dienone is 3. The maximum absolute atomic E-state index is 7.69. The van der Waals surface area contributed by atoms with Crippen molar-refractivity contribution in [2.45, 2.75) is 46.6 Å². The molecule has 2 saturated heterocycles. The van der Waals surface area contributed by atoms with Crippen molar-refractivity contribution in [2.75, 3.05) is 19.8 Å². The fourth-order valence-electron chi connectivity index (χ4n) is 2.37. The summed E-state index contributed by atoms with van der Waals surface area (Å²) in [6.45, 7) is 14.3. The predicted octanol–water partition coefficient (Wildman–Crippen LogP) is 3.86. The van der Waals surface area contributed by atoms with Crippen LogP contribution < -0.4 is 0 Å². The van der Waals surface area contributed by atoms with Crippen LogP contribution in [0, 0.1) is 5.41 Å². The van der Waals surface area contributed by atoms with Crippen molar-refractivity contribution in [1.82, 2.24) is 4.90 Å². The van der Waals surface area contributed by atoms with Gasteiger partial charge in [-0.2, -0.15) is 0 Å². The molecule has 1 atom stereocenters. The number of hydrogen-bond acceptors (Lipinski definition) is 3. The number of hydrogen-bond donors (Lipinski definition) is 1. The van der Waals surface area contributed by atoms with Gasteiger partial charge in [-0.1, -0.05) is 26.0 Å². The third-order valence-corrected chi connectivity index (χ3v) is 3.51. The molecule has 0 aromatic heterocycles. The van der Waals surface area contributed by atoms with E-state index in [-0.39, 0.29) is 6.04 Å². The highest BCUT2D eigenvalue weighted by Crippen LogP contribution is 2.27. The second-order valence-electron chi connectivity index (χ2n) is 5.15. The minimum Gasteiger partial charge on any atom is -0.493 e. The number of ether oxygens (including phenoxy) is 2. The quantitative estimate of drug-likeness (QED) is 0.632. The van der Waals surface area contributed by atoms with Crippen molar-refractivity contribution < 1.29 is 9.47 Å². The van der Waals surface area contributed by atoms with E-state index >= 15 is 0 Å². The summed E-state index contributed by atoms with van der Waals surface area (Å²) in [4.78, 5) is 1.98. The smallest absolute Gasteiger partial charge is 0.124 e. The molecule has 21 heavy (non-hydrogen) atoms. The highest BCUT2D eigenvalue weighted by Gasteiger charge is 2.25. The Labute approximate surface area is 128 Å². The van der Waals surface area contributed by atoms with E-state index in [9.17, 15) is 0 Å². The van der Waals surface area contributed by atoms with E-state index in [1.165, 1.54) is 6.34 Å². The summed E-state index contributed by atoms with van der Waals surface area (Å²) >= 11 is 0. The summed E-state index contributed by atoms with van der Waals surface area (Å²) in [7, 11) is 0. The average molecular weight is 292 g/mol. The summed E-state index contributed by atoms with van der Waals surface area (Å²) in [6.07, 6.45) is 5.24. The van der Waals surface area contributed by atoms with Crippen LogP contribution in [0.15, 0.2) is 35.3 Å². The first-order valence-electron chi connectivity index (χ1n) is 7.70. The molecule has 2 fully saturated rings. The molecule has 0 radical (unpaired) electrons. The largest absolute Gasteiger partial charge is 0.493 e. The van der Waals surface area contributed by atoms with Gasteiger partial charge in [-0.3, -0.25) is 5.41 Å². The molecule has 4 nitrogen and oxygen atoms in total. The van der Waals surface area contributed by atoms with E-state index in [2.05, 4.69) is 20.4 Å². The van der Waals surface area contributed by atoms with E-state index < -0.39 is 0 Å². The maximum atomic E-state index is 7.69. The highest BCUT2D eigenvalue weighted by molar-refractivity contribution is 5.58. The Bertz CT molecular complexity index is 428. The van der Waals surface area contributed by atoms with Crippen LogP contribution in [0.25, 0.3) is 0 Å².